The predicted octanol–water partition coefficient (Wildman–Crippen LogP) is 0.882. The average Bonchev–Trinajstić information content (AvgIpc) is 2.36. The minimum Gasteiger partial charge on any atom is -0.444 e. The molecule has 1 heterocycles. The van der Waals surface area contributed by atoms with Crippen molar-refractivity contribution in [3.63, 3.8) is 0 Å². The fraction of sp³-hybridized carbons (Fsp3) is 0.917. The molecular weight excluding hydrogens is 222 g/mol. The molecule has 2 N–H and O–H groups in total. The molecule has 0 aromatic heterocycles. The predicted molar refractivity (Wildman–Crippen MR) is 61.5 cm³/mol. The van der Waals surface area contributed by atoms with Crippen molar-refractivity contribution < 1.29 is 19.7 Å². The highest BCUT2D eigenvalue weighted by atomic mass is 16.6. The van der Waals surface area contributed by atoms with Gasteiger partial charge in [-0.05, 0) is 40.0 Å². The number of likely N-dealkylation sites (tertiary alicyclic amines) is 1. The van der Waals surface area contributed by atoms with Crippen LogP contribution in [0.15, 0.2) is 0 Å². The Morgan fingerprint density at radius 2 is 1.94 bits per heavy atom. The molecule has 0 radical (unpaired) electrons. The van der Waals surface area contributed by atoms with Gasteiger partial charge in [-0.3, -0.25) is 4.90 Å². The minimum atomic E-state index is -0.859. The summed E-state index contributed by atoms with van der Waals surface area (Å²) >= 11 is 0. The molecule has 2 rings (SSSR count). The van der Waals surface area contributed by atoms with Gasteiger partial charge in [0.2, 0.25) is 0 Å². The minimum absolute atomic E-state index is 0.163. The lowest BCUT2D eigenvalue weighted by Gasteiger charge is -2.47. The van der Waals surface area contributed by atoms with Crippen LogP contribution in [0.2, 0.25) is 0 Å². The van der Waals surface area contributed by atoms with Crippen molar-refractivity contribution in [2.75, 3.05) is 6.54 Å². The van der Waals surface area contributed by atoms with Crippen LogP contribution >= 0.6 is 0 Å². The number of aliphatic hydroxyl groups excluding tert-OH is 2. The van der Waals surface area contributed by atoms with Gasteiger partial charge in [0.05, 0.1) is 18.2 Å². The molecule has 0 bridgehead atoms. The summed E-state index contributed by atoms with van der Waals surface area (Å²) in [5, 5.41) is 19.7. The van der Waals surface area contributed by atoms with Crippen LogP contribution in [0.25, 0.3) is 0 Å². The number of aliphatic hydroxyl groups is 2. The molecule has 1 aliphatic carbocycles. The lowest BCUT2D eigenvalue weighted by molar-refractivity contribution is -0.0588. The fourth-order valence-electron chi connectivity index (χ4n) is 2.66. The van der Waals surface area contributed by atoms with Crippen LogP contribution < -0.4 is 0 Å². The zero-order valence-electron chi connectivity index (χ0n) is 10.6. The molecule has 1 amide bonds. The second-order valence-corrected chi connectivity index (χ2v) is 6.06. The highest BCUT2D eigenvalue weighted by molar-refractivity contribution is 5.70. The third-order valence-corrected chi connectivity index (χ3v) is 3.66. The maximum absolute atomic E-state index is 12.0. The summed E-state index contributed by atoms with van der Waals surface area (Å²) < 4.78 is 5.31. The number of β-amino-alcohol motifs (C(OH)–C–C–N with tert-alkyl or cyclic N) is 1. The molecule has 2 fully saturated rings. The molecular formula is C12H21NO4. The Morgan fingerprint density at radius 1 is 1.35 bits per heavy atom. The van der Waals surface area contributed by atoms with Crippen LogP contribution in [0, 0.1) is 0 Å². The molecule has 0 aromatic rings. The first kappa shape index (κ1) is 12.6. The van der Waals surface area contributed by atoms with Gasteiger partial charge < -0.3 is 14.9 Å². The second-order valence-electron chi connectivity index (χ2n) is 6.06. The van der Waals surface area contributed by atoms with Crippen molar-refractivity contribution in [1.82, 2.24) is 4.90 Å². The standard InChI is InChI=1S/C12H21NO4/c1-11(2,3)17-10(16)13-7-8(14)9(15)12(13)5-4-6-12/h8-9,14-15H,4-7H2,1-3H3. The first-order valence-corrected chi connectivity index (χ1v) is 6.13. The number of amides is 1. The summed E-state index contributed by atoms with van der Waals surface area (Å²) in [6.07, 6.45) is 0.317. The number of hydrogen-bond acceptors (Lipinski definition) is 4. The third-order valence-electron chi connectivity index (χ3n) is 3.66. The van der Waals surface area contributed by atoms with Crippen LogP contribution in [0.4, 0.5) is 4.79 Å². The van der Waals surface area contributed by atoms with Crippen molar-refractivity contribution >= 4 is 6.09 Å². The van der Waals surface area contributed by atoms with Crippen molar-refractivity contribution in [3.05, 3.63) is 0 Å². The van der Waals surface area contributed by atoms with Crippen molar-refractivity contribution in [2.45, 2.75) is 63.4 Å². The normalized spacial score (nSPS) is 31.5. The highest BCUT2D eigenvalue weighted by Crippen LogP contribution is 2.46. The van der Waals surface area contributed by atoms with Crippen LogP contribution in [0.5, 0.6) is 0 Å². The van der Waals surface area contributed by atoms with Gasteiger partial charge in [0.15, 0.2) is 0 Å². The number of carbonyl (C=O) groups is 1. The van der Waals surface area contributed by atoms with Crippen molar-refractivity contribution in [3.8, 4) is 0 Å². The molecule has 0 aromatic carbocycles. The summed E-state index contributed by atoms with van der Waals surface area (Å²) in [6.45, 7) is 5.58. The monoisotopic (exact) mass is 243 g/mol. The second kappa shape index (κ2) is 3.85. The number of rotatable bonds is 0. The van der Waals surface area contributed by atoms with E-state index in [2.05, 4.69) is 0 Å². The molecule has 17 heavy (non-hydrogen) atoms. The van der Waals surface area contributed by atoms with Crippen LogP contribution in [0.3, 0.4) is 0 Å². The van der Waals surface area contributed by atoms with Gasteiger partial charge >= 0.3 is 6.09 Å². The van der Waals surface area contributed by atoms with E-state index < -0.39 is 29.4 Å². The number of nitrogens with zero attached hydrogens (tertiary/aromatic N) is 1. The molecule has 1 aliphatic heterocycles. The van der Waals surface area contributed by atoms with Crippen LogP contribution in [-0.4, -0.2) is 51.1 Å². The fourth-order valence-corrected chi connectivity index (χ4v) is 2.66. The van der Waals surface area contributed by atoms with Gasteiger partial charge in [-0.1, -0.05) is 0 Å². The van der Waals surface area contributed by atoms with Gasteiger partial charge in [-0.15, -0.1) is 0 Å². The number of hydrogen-bond donors (Lipinski definition) is 2. The first-order chi connectivity index (χ1) is 7.76. The molecule has 98 valence electrons. The van der Waals surface area contributed by atoms with Gasteiger partial charge in [0.1, 0.15) is 11.7 Å². The Labute approximate surface area is 101 Å². The molecule has 2 aliphatic rings. The Kier molecular flexibility index (Phi) is 2.86. The molecule has 5 heteroatoms. The topological polar surface area (TPSA) is 70.0 Å². The van der Waals surface area contributed by atoms with Gasteiger partial charge in [0, 0.05) is 0 Å². The van der Waals surface area contributed by atoms with E-state index in [9.17, 15) is 15.0 Å². The van der Waals surface area contributed by atoms with Crippen LogP contribution in [0.1, 0.15) is 40.0 Å². The van der Waals surface area contributed by atoms with E-state index in [0.29, 0.717) is 0 Å². The highest BCUT2D eigenvalue weighted by Gasteiger charge is 2.58. The first-order valence-electron chi connectivity index (χ1n) is 6.13. The summed E-state index contributed by atoms with van der Waals surface area (Å²) in [4.78, 5) is 13.6. The molecule has 1 spiro atoms. The Bertz CT molecular complexity index is 319. The molecule has 2 unspecified atom stereocenters. The smallest absolute Gasteiger partial charge is 0.410 e. The van der Waals surface area contributed by atoms with Crippen LogP contribution in [-0.2, 0) is 4.74 Å². The van der Waals surface area contributed by atoms with Crippen molar-refractivity contribution in [1.29, 1.82) is 0 Å². The van der Waals surface area contributed by atoms with E-state index in [0.717, 1.165) is 19.3 Å². The molecule has 2 atom stereocenters. The van der Waals surface area contributed by atoms with Gasteiger partial charge in [-0.2, -0.15) is 0 Å². The van der Waals surface area contributed by atoms with E-state index in [4.69, 9.17) is 4.74 Å². The van der Waals surface area contributed by atoms with Gasteiger partial charge in [-0.25, -0.2) is 4.79 Å². The summed E-state index contributed by atoms with van der Waals surface area (Å²) in [6, 6.07) is 0. The van der Waals surface area contributed by atoms with Gasteiger partial charge in [0.25, 0.3) is 0 Å². The van der Waals surface area contributed by atoms with E-state index in [1.165, 1.54) is 4.90 Å². The largest absolute Gasteiger partial charge is 0.444 e. The number of ether oxygens (including phenoxy) is 1. The zero-order valence-corrected chi connectivity index (χ0v) is 10.6. The summed E-state index contributed by atoms with van der Waals surface area (Å²) in [5.41, 5.74) is -1.14. The van der Waals surface area contributed by atoms with E-state index >= 15 is 0 Å². The quantitative estimate of drug-likeness (QED) is 0.662. The van der Waals surface area contributed by atoms with E-state index in [1.807, 2.05) is 0 Å². The lowest BCUT2D eigenvalue weighted by atomic mass is 9.73. The lowest BCUT2D eigenvalue weighted by Crippen LogP contribution is -2.58. The SMILES string of the molecule is CC(C)(C)OC(=O)N1CC(O)C(O)C12CCC2. The Hall–Kier alpha value is -0.810. The van der Waals surface area contributed by atoms with E-state index in [-0.39, 0.29) is 6.54 Å². The third kappa shape index (κ3) is 2.02. The zero-order chi connectivity index (χ0) is 12.8. The van der Waals surface area contributed by atoms with E-state index in [1.54, 1.807) is 20.8 Å². The van der Waals surface area contributed by atoms with Crippen molar-refractivity contribution in [2.24, 2.45) is 0 Å². The Balaban J connectivity index is 2.13. The Morgan fingerprint density at radius 3 is 2.35 bits per heavy atom. The molecule has 1 saturated heterocycles. The number of carbonyl (C=O) groups excluding carboxylic acids is 1. The molecule has 5 nitrogen and oxygen atoms in total. The molecule has 1 saturated carbocycles. The maximum atomic E-state index is 12.0. The maximum Gasteiger partial charge on any atom is 0.410 e. The summed E-state index contributed by atoms with van der Waals surface area (Å²) in [5.74, 6) is 0. The average molecular weight is 243 g/mol. The summed E-state index contributed by atoms with van der Waals surface area (Å²) in [7, 11) is 0.